The van der Waals surface area contributed by atoms with Gasteiger partial charge >= 0.3 is 0 Å². The summed E-state index contributed by atoms with van der Waals surface area (Å²) in [6.45, 7) is 1.43. The van der Waals surface area contributed by atoms with E-state index in [1.807, 2.05) is 30.3 Å². The zero-order chi connectivity index (χ0) is 20.7. The monoisotopic (exact) mass is 401 g/mol. The summed E-state index contributed by atoms with van der Waals surface area (Å²) in [7, 11) is 1.76. The molecule has 2 aliphatic heterocycles. The Bertz CT molecular complexity index is 1170. The van der Waals surface area contributed by atoms with Crippen molar-refractivity contribution < 1.29 is 9.21 Å². The number of aromatic nitrogens is 3. The van der Waals surface area contributed by atoms with Gasteiger partial charge in [0, 0.05) is 43.6 Å². The van der Waals surface area contributed by atoms with E-state index in [9.17, 15) is 4.79 Å². The van der Waals surface area contributed by atoms with Crippen LogP contribution in [-0.4, -0.2) is 47.0 Å². The van der Waals surface area contributed by atoms with Gasteiger partial charge in [-0.1, -0.05) is 6.07 Å². The van der Waals surface area contributed by atoms with Gasteiger partial charge in [0.05, 0.1) is 0 Å². The van der Waals surface area contributed by atoms with E-state index in [0.717, 1.165) is 25.1 Å². The van der Waals surface area contributed by atoms with E-state index in [4.69, 9.17) is 9.68 Å². The van der Waals surface area contributed by atoms with Crippen LogP contribution in [0.5, 0.6) is 0 Å². The highest BCUT2D eigenvalue weighted by molar-refractivity contribution is 6.10. The van der Waals surface area contributed by atoms with Crippen molar-refractivity contribution in [2.45, 2.75) is 18.9 Å². The fourth-order valence-corrected chi connectivity index (χ4v) is 4.09. The number of benzene rings is 1. The molecule has 2 aromatic heterocycles. The van der Waals surface area contributed by atoms with Crippen LogP contribution in [0, 0.1) is 11.3 Å². The Kier molecular flexibility index (Phi) is 4.32. The predicted octanol–water partition coefficient (Wildman–Crippen LogP) is 2.67. The summed E-state index contributed by atoms with van der Waals surface area (Å²) in [5.74, 6) is 1.40. The topological polar surface area (TPSA) is 111 Å². The summed E-state index contributed by atoms with van der Waals surface area (Å²) in [5, 5.41) is 11.9. The summed E-state index contributed by atoms with van der Waals surface area (Å²) >= 11 is 0. The van der Waals surface area contributed by atoms with Crippen molar-refractivity contribution in [1.82, 2.24) is 15.0 Å². The van der Waals surface area contributed by atoms with Gasteiger partial charge in [0.1, 0.15) is 23.7 Å². The maximum absolute atomic E-state index is 13.5. The van der Waals surface area contributed by atoms with Gasteiger partial charge in [0.15, 0.2) is 5.69 Å². The second-order valence-electron chi connectivity index (χ2n) is 7.29. The van der Waals surface area contributed by atoms with Crippen LogP contribution >= 0.6 is 0 Å². The standard InChI is InChI=1S/C21H19N7O2/c1-23-21-24-10-17-18(26-21)27-7-3-6-16(27)11-28(20(17)29)15-5-2-4-13(8-15)19-25-14(9-22)12-30-19/h2,4-5,8,10,12,16H,3,6-7,11H2,1H3,(H,23,24,26)/t16-/m0/s1. The van der Waals surface area contributed by atoms with Crippen LogP contribution in [0.2, 0.25) is 0 Å². The fraction of sp³-hybridized carbons (Fsp3) is 0.286. The van der Waals surface area contributed by atoms with Gasteiger partial charge in [-0.2, -0.15) is 15.2 Å². The summed E-state index contributed by atoms with van der Waals surface area (Å²) < 4.78 is 5.41. The second kappa shape index (κ2) is 7.15. The number of carbonyl (C=O) groups excluding carboxylic acids is 1. The van der Waals surface area contributed by atoms with Gasteiger partial charge in [-0.05, 0) is 31.0 Å². The first-order valence-electron chi connectivity index (χ1n) is 9.77. The van der Waals surface area contributed by atoms with Crippen LogP contribution < -0.4 is 15.1 Å². The van der Waals surface area contributed by atoms with Gasteiger partial charge in [0.25, 0.3) is 5.91 Å². The molecule has 0 unspecified atom stereocenters. The molecule has 1 atom stereocenters. The number of rotatable bonds is 3. The maximum Gasteiger partial charge on any atom is 0.263 e. The van der Waals surface area contributed by atoms with Crippen LogP contribution in [0.3, 0.4) is 0 Å². The molecular formula is C21H19N7O2. The highest BCUT2D eigenvalue weighted by atomic mass is 16.3. The molecule has 1 saturated heterocycles. The minimum absolute atomic E-state index is 0.135. The lowest BCUT2D eigenvalue weighted by molar-refractivity contribution is 0.0988. The van der Waals surface area contributed by atoms with E-state index < -0.39 is 0 Å². The van der Waals surface area contributed by atoms with Gasteiger partial charge in [0.2, 0.25) is 11.8 Å². The first kappa shape index (κ1) is 18.1. The number of anilines is 3. The summed E-state index contributed by atoms with van der Waals surface area (Å²) in [4.78, 5) is 30.5. The van der Waals surface area contributed by atoms with Crippen molar-refractivity contribution in [3.05, 3.63) is 48.0 Å². The minimum atomic E-state index is -0.135. The molecule has 5 rings (SSSR count). The zero-order valence-corrected chi connectivity index (χ0v) is 16.4. The summed E-state index contributed by atoms with van der Waals surface area (Å²) in [6.07, 6.45) is 4.97. The largest absolute Gasteiger partial charge is 0.443 e. The SMILES string of the molecule is CNc1ncc2c(n1)N1CCC[C@H]1CN(c1cccc(-c3nc(C#N)co3)c1)C2=O. The lowest BCUT2D eigenvalue weighted by Gasteiger charge is -2.27. The fourth-order valence-electron chi connectivity index (χ4n) is 4.09. The molecule has 0 spiro atoms. The van der Waals surface area contributed by atoms with Gasteiger partial charge < -0.3 is 19.5 Å². The number of oxazole rings is 1. The van der Waals surface area contributed by atoms with E-state index >= 15 is 0 Å². The van der Waals surface area contributed by atoms with Crippen LogP contribution in [0.4, 0.5) is 17.5 Å². The summed E-state index contributed by atoms with van der Waals surface area (Å²) in [6, 6.07) is 9.60. The van der Waals surface area contributed by atoms with Crippen molar-refractivity contribution in [2.24, 2.45) is 0 Å². The molecule has 9 heteroatoms. The number of hydrogen-bond acceptors (Lipinski definition) is 8. The third kappa shape index (κ3) is 2.93. The lowest BCUT2D eigenvalue weighted by atomic mass is 10.1. The molecule has 1 aromatic carbocycles. The average molecular weight is 401 g/mol. The third-order valence-corrected chi connectivity index (χ3v) is 5.53. The molecule has 0 radical (unpaired) electrons. The quantitative estimate of drug-likeness (QED) is 0.713. The van der Waals surface area contributed by atoms with Crippen molar-refractivity contribution in [1.29, 1.82) is 5.26 Å². The van der Waals surface area contributed by atoms with E-state index in [1.165, 1.54) is 6.26 Å². The van der Waals surface area contributed by atoms with E-state index in [-0.39, 0.29) is 17.6 Å². The molecule has 9 nitrogen and oxygen atoms in total. The number of nitrogens with one attached hydrogen (secondary N) is 1. The number of hydrogen-bond donors (Lipinski definition) is 1. The Morgan fingerprint density at radius 1 is 1.33 bits per heavy atom. The smallest absolute Gasteiger partial charge is 0.263 e. The first-order chi connectivity index (χ1) is 14.7. The Morgan fingerprint density at radius 2 is 2.23 bits per heavy atom. The van der Waals surface area contributed by atoms with Gasteiger partial charge in [-0.15, -0.1) is 0 Å². The Morgan fingerprint density at radius 3 is 3.03 bits per heavy atom. The number of amides is 1. The first-order valence-corrected chi connectivity index (χ1v) is 9.77. The van der Waals surface area contributed by atoms with E-state index in [1.54, 1.807) is 18.1 Å². The molecule has 150 valence electrons. The molecule has 30 heavy (non-hydrogen) atoms. The van der Waals surface area contributed by atoms with Crippen molar-refractivity contribution in [2.75, 3.05) is 35.3 Å². The Balaban J connectivity index is 1.57. The summed E-state index contributed by atoms with van der Waals surface area (Å²) in [5.41, 5.74) is 2.16. The third-order valence-electron chi connectivity index (χ3n) is 5.53. The molecule has 1 N–H and O–H groups in total. The van der Waals surface area contributed by atoms with Crippen LogP contribution in [0.15, 0.2) is 41.1 Å². The van der Waals surface area contributed by atoms with Crippen LogP contribution in [0.25, 0.3) is 11.5 Å². The molecule has 2 aliphatic rings. The van der Waals surface area contributed by atoms with Crippen molar-refractivity contribution in [3.8, 4) is 17.5 Å². The Hall–Kier alpha value is -3.93. The van der Waals surface area contributed by atoms with E-state index in [0.29, 0.717) is 35.3 Å². The number of nitrogens with zero attached hydrogens (tertiary/aromatic N) is 6. The molecule has 0 aliphatic carbocycles. The zero-order valence-electron chi connectivity index (χ0n) is 16.4. The number of nitriles is 1. The van der Waals surface area contributed by atoms with Gasteiger partial charge in [-0.25, -0.2) is 4.98 Å². The molecule has 3 aromatic rings. The van der Waals surface area contributed by atoms with Gasteiger partial charge in [-0.3, -0.25) is 4.79 Å². The lowest BCUT2D eigenvalue weighted by Crippen LogP contribution is -2.39. The van der Waals surface area contributed by atoms with Crippen molar-refractivity contribution >= 4 is 23.4 Å². The Labute approximate surface area is 173 Å². The van der Waals surface area contributed by atoms with Crippen LogP contribution in [0.1, 0.15) is 28.9 Å². The van der Waals surface area contributed by atoms with E-state index in [2.05, 4.69) is 25.2 Å². The van der Waals surface area contributed by atoms with Crippen molar-refractivity contribution in [3.63, 3.8) is 0 Å². The number of fused-ring (bicyclic) bond motifs is 3. The normalized spacial score (nSPS) is 17.9. The molecular weight excluding hydrogens is 382 g/mol. The maximum atomic E-state index is 13.5. The molecule has 1 fully saturated rings. The average Bonchev–Trinajstić information content (AvgIpc) is 3.44. The van der Waals surface area contributed by atoms with Crippen LogP contribution in [-0.2, 0) is 0 Å². The molecule has 0 bridgehead atoms. The highest BCUT2D eigenvalue weighted by Crippen LogP contribution is 2.35. The number of carbonyl (C=O) groups is 1. The second-order valence-corrected chi connectivity index (χ2v) is 7.29. The molecule has 0 saturated carbocycles. The minimum Gasteiger partial charge on any atom is -0.443 e. The molecule has 1 amide bonds. The molecule has 4 heterocycles. The predicted molar refractivity (Wildman–Crippen MR) is 110 cm³/mol. The highest BCUT2D eigenvalue weighted by Gasteiger charge is 2.37.